The molecular weight excluding hydrogens is 486 g/mol. The quantitative estimate of drug-likeness (QED) is 0.0586. The maximum absolute atomic E-state index is 12.3. The Morgan fingerprint density at radius 2 is 1.10 bits per heavy atom. The fourth-order valence-electron chi connectivity index (χ4n) is 4.61. The van der Waals surface area contributed by atoms with E-state index >= 15 is 0 Å². The average Bonchev–Trinajstić information content (AvgIpc) is 2.92. The molecule has 0 heterocycles. The largest absolute Gasteiger partial charge is 0.394 e. The smallest absolute Gasteiger partial charge is 0.222 e. The van der Waals surface area contributed by atoms with Gasteiger partial charge in [0.1, 0.15) is 0 Å². The van der Waals surface area contributed by atoms with Crippen molar-refractivity contribution in [2.75, 3.05) is 6.61 Å². The molecule has 0 rings (SSSR count). The Hall–Kier alpha value is -1.43. The van der Waals surface area contributed by atoms with Gasteiger partial charge in [-0.15, -0.1) is 0 Å². The Labute approximate surface area is 241 Å². The molecular formula is C34H63NO4. The fraction of sp³-hybridized carbons (Fsp3) is 0.794. The van der Waals surface area contributed by atoms with Crippen LogP contribution in [-0.4, -0.2) is 46.1 Å². The van der Waals surface area contributed by atoms with Crippen molar-refractivity contribution >= 4 is 5.91 Å². The highest BCUT2D eigenvalue weighted by Crippen LogP contribution is 2.14. The van der Waals surface area contributed by atoms with E-state index in [9.17, 15) is 20.1 Å². The number of allylic oxidation sites excluding steroid dienone is 5. The summed E-state index contributed by atoms with van der Waals surface area (Å²) < 4.78 is 0. The number of nitrogens with one attached hydrogen (secondary N) is 1. The summed E-state index contributed by atoms with van der Waals surface area (Å²) in [4.78, 5) is 12.3. The van der Waals surface area contributed by atoms with Crippen LogP contribution in [0.4, 0.5) is 0 Å². The topological polar surface area (TPSA) is 89.8 Å². The lowest BCUT2D eigenvalue weighted by molar-refractivity contribution is -0.124. The first-order chi connectivity index (χ1) is 19.0. The molecule has 0 fully saturated rings. The SMILES string of the molecule is CCC/C=C/CC/C=C/CC/C=C/C(O)C(CO)NC(=O)CC(O)CCCCCCCCCCCCCCC. The average molecular weight is 550 g/mol. The van der Waals surface area contributed by atoms with Crippen LogP contribution in [-0.2, 0) is 4.79 Å². The Morgan fingerprint density at radius 3 is 1.59 bits per heavy atom. The van der Waals surface area contributed by atoms with Crippen molar-refractivity contribution in [3.63, 3.8) is 0 Å². The third-order valence-corrected chi connectivity index (χ3v) is 7.14. The Kier molecular flexibility index (Phi) is 28.5. The van der Waals surface area contributed by atoms with Gasteiger partial charge in [-0.2, -0.15) is 0 Å². The molecule has 228 valence electrons. The van der Waals surface area contributed by atoms with Crippen LogP contribution in [0.1, 0.15) is 149 Å². The molecule has 0 aromatic carbocycles. The molecule has 4 N–H and O–H groups in total. The molecule has 3 atom stereocenters. The molecule has 3 unspecified atom stereocenters. The van der Waals surface area contributed by atoms with Gasteiger partial charge >= 0.3 is 0 Å². The van der Waals surface area contributed by atoms with Crippen LogP contribution >= 0.6 is 0 Å². The monoisotopic (exact) mass is 549 g/mol. The van der Waals surface area contributed by atoms with Crippen molar-refractivity contribution in [2.24, 2.45) is 0 Å². The van der Waals surface area contributed by atoms with Gasteiger partial charge in [-0.3, -0.25) is 4.79 Å². The number of aliphatic hydroxyl groups excluding tert-OH is 3. The van der Waals surface area contributed by atoms with Crippen LogP contribution in [0, 0.1) is 0 Å². The Morgan fingerprint density at radius 1 is 0.641 bits per heavy atom. The van der Waals surface area contributed by atoms with Crippen molar-refractivity contribution in [3.8, 4) is 0 Å². The molecule has 0 aliphatic rings. The minimum atomic E-state index is -0.954. The lowest BCUT2D eigenvalue weighted by atomic mass is 10.0. The highest BCUT2D eigenvalue weighted by atomic mass is 16.3. The summed E-state index contributed by atoms with van der Waals surface area (Å²) in [6, 6.07) is -0.761. The van der Waals surface area contributed by atoms with Crippen LogP contribution in [0.2, 0.25) is 0 Å². The van der Waals surface area contributed by atoms with E-state index in [1.54, 1.807) is 6.08 Å². The third-order valence-electron chi connectivity index (χ3n) is 7.14. The molecule has 0 aromatic rings. The first-order valence-corrected chi connectivity index (χ1v) is 16.3. The number of aliphatic hydroxyl groups is 3. The molecule has 0 bridgehead atoms. The van der Waals surface area contributed by atoms with Crippen LogP contribution < -0.4 is 5.32 Å². The van der Waals surface area contributed by atoms with Gasteiger partial charge in [-0.05, 0) is 38.5 Å². The number of carbonyl (C=O) groups excluding carboxylic acids is 1. The predicted molar refractivity (Wildman–Crippen MR) is 167 cm³/mol. The van der Waals surface area contributed by atoms with Gasteiger partial charge in [0.25, 0.3) is 0 Å². The normalized spacial score (nSPS) is 14.5. The maximum atomic E-state index is 12.3. The lowest BCUT2D eigenvalue weighted by Gasteiger charge is -2.21. The number of hydrogen-bond acceptors (Lipinski definition) is 4. The molecule has 0 saturated heterocycles. The molecule has 5 nitrogen and oxygen atoms in total. The van der Waals surface area contributed by atoms with Gasteiger partial charge in [0.05, 0.1) is 31.3 Å². The molecule has 0 aliphatic heterocycles. The predicted octanol–water partition coefficient (Wildman–Crippen LogP) is 8.09. The highest BCUT2D eigenvalue weighted by Gasteiger charge is 2.20. The van der Waals surface area contributed by atoms with E-state index in [1.807, 2.05) is 6.08 Å². The van der Waals surface area contributed by atoms with Gasteiger partial charge in [0.2, 0.25) is 5.91 Å². The number of carbonyl (C=O) groups is 1. The minimum Gasteiger partial charge on any atom is -0.394 e. The zero-order chi connectivity index (χ0) is 28.8. The van der Waals surface area contributed by atoms with Crippen LogP contribution in [0.15, 0.2) is 36.5 Å². The maximum Gasteiger partial charge on any atom is 0.222 e. The van der Waals surface area contributed by atoms with Gasteiger partial charge in [0, 0.05) is 0 Å². The third kappa shape index (κ3) is 26.6. The molecule has 0 radical (unpaired) electrons. The standard InChI is InChI=1S/C34H63NO4/c1-3-5-7-9-11-13-15-16-18-19-21-23-25-27-31(37)29-34(39)35-32(30-36)33(38)28-26-24-22-20-17-14-12-10-8-6-4-2/h8,10,17,20,26,28,31-33,36-38H,3-7,9,11-16,18-19,21-25,27,29-30H2,1-2H3,(H,35,39)/b10-8+,20-17+,28-26+. The molecule has 0 spiro atoms. The van der Waals surface area contributed by atoms with Crippen molar-refractivity contribution in [1.82, 2.24) is 5.32 Å². The van der Waals surface area contributed by atoms with Crippen molar-refractivity contribution in [3.05, 3.63) is 36.5 Å². The lowest BCUT2D eigenvalue weighted by Crippen LogP contribution is -2.45. The second-order valence-corrected chi connectivity index (χ2v) is 11.1. The molecule has 39 heavy (non-hydrogen) atoms. The van der Waals surface area contributed by atoms with Gasteiger partial charge in [-0.25, -0.2) is 0 Å². The summed E-state index contributed by atoms with van der Waals surface area (Å²) in [6.07, 6.45) is 34.1. The molecule has 0 aliphatic carbocycles. The van der Waals surface area contributed by atoms with E-state index in [1.165, 1.54) is 77.0 Å². The van der Waals surface area contributed by atoms with E-state index in [0.29, 0.717) is 6.42 Å². The Bertz CT molecular complexity index is 616. The zero-order valence-electron chi connectivity index (χ0n) is 25.5. The van der Waals surface area contributed by atoms with E-state index in [-0.39, 0.29) is 18.9 Å². The van der Waals surface area contributed by atoms with Crippen LogP contribution in [0.5, 0.6) is 0 Å². The van der Waals surface area contributed by atoms with Gasteiger partial charge in [-0.1, -0.05) is 140 Å². The summed E-state index contributed by atoms with van der Waals surface area (Å²) in [6.45, 7) is 4.09. The van der Waals surface area contributed by atoms with E-state index in [2.05, 4.69) is 43.5 Å². The summed E-state index contributed by atoms with van der Waals surface area (Å²) >= 11 is 0. The van der Waals surface area contributed by atoms with E-state index in [4.69, 9.17) is 0 Å². The van der Waals surface area contributed by atoms with Gasteiger partial charge in [0.15, 0.2) is 0 Å². The number of unbranched alkanes of at least 4 members (excludes halogenated alkanes) is 15. The molecule has 5 heteroatoms. The highest BCUT2D eigenvalue weighted by molar-refractivity contribution is 5.76. The Balaban J connectivity index is 3.84. The minimum absolute atomic E-state index is 0.00359. The molecule has 0 aromatic heterocycles. The summed E-state index contributed by atoms with van der Waals surface area (Å²) in [7, 11) is 0. The van der Waals surface area contributed by atoms with E-state index in [0.717, 1.165) is 44.9 Å². The first kappa shape index (κ1) is 37.6. The molecule has 0 saturated carbocycles. The zero-order valence-corrected chi connectivity index (χ0v) is 25.5. The number of rotatable bonds is 28. The van der Waals surface area contributed by atoms with Gasteiger partial charge < -0.3 is 20.6 Å². The second-order valence-electron chi connectivity index (χ2n) is 11.1. The van der Waals surface area contributed by atoms with Crippen molar-refractivity contribution in [2.45, 2.75) is 167 Å². The number of amides is 1. The summed E-state index contributed by atoms with van der Waals surface area (Å²) in [5.74, 6) is -0.334. The van der Waals surface area contributed by atoms with Crippen LogP contribution in [0.3, 0.4) is 0 Å². The fourth-order valence-corrected chi connectivity index (χ4v) is 4.61. The summed E-state index contributed by atoms with van der Waals surface area (Å²) in [5.41, 5.74) is 0. The van der Waals surface area contributed by atoms with Crippen molar-refractivity contribution < 1.29 is 20.1 Å². The summed E-state index contributed by atoms with van der Waals surface area (Å²) in [5, 5.41) is 32.8. The van der Waals surface area contributed by atoms with Crippen LogP contribution in [0.25, 0.3) is 0 Å². The second kappa shape index (κ2) is 29.6. The number of hydrogen-bond donors (Lipinski definition) is 4. The molecule has 1 amide bonds. The first-order valence-electron chi connectivity index (χ1n) is 16.3. The van der Waals surface area contributed by atoms with E-state index < -0.39 is 18.2 Å². The van der Waals surface area contributed by atoms with Crippen molar-refractivity contribution in [1.29, 1.82) is 0 Å².